The van der Waals surface area contributed by atoms with Crippen LogP contribution in [0.2, 0.25) is 0 Å². The Morgan fingerprint density at radius 3 is 2.83 bits per heavy atom. The van der Waals surface area contributed by atoms with Gasteiger partial charge < -0.3 is 25.8 Å². The summed E-state index contributed by atoms with van der Waals surface area (Å²) in [6.45, 7) is 7.15. The van der Waals surface area contributed by atoms with Crippen LogP contribution in [0.15, 0.2) is 48.9 Å². The number of benzene rings is 1. The predicted molar refractivity (Wildman–Crippen MR) is 139 cm³/mol. The van der Waals surface area contributed by atoms with Gasteiger partial charge in [0, 0.05) is 67.2 Å². The van der Waals surface area contributed by atoms with Crippen LogP contribution in [0.25, 0.3) is 22.2 Å². The van der Waals surface area contributed by atoms with Gasteiger partial charge in [-0.1, -0.05) is 19.1 Å². The third-order valence-electron chi connectivity index (χ3n) is 6.24. The molecule has 1 aromatic carbocycles. The van der Waals surface area contributed by atoms with E-state index in [-0.39, 0.29) is 30.0 Å². The standard InChI is InChI=1S/C26H29FN8O/c1-3-28-7-8-29-13-19-14-30-23-12-21(19)32-24(36)10-16(2)35-9-6-17-4-5-18(11-22(17)35)25-20(27)15-31-26(33-23)34-25/h4-6,9,11-12,14-16,28-29H,3,7-8,10,13H2,1-2H3,(H,32,36)(H,30,31,33,34). The number of fused-ring (bicyclic) bond motifs is 6. The zero-order valence-electron chi connectivity index (χ0n) is 20.3. The van der Waals surface area contributed by atoms with Gasteiger partial charge in [0.05, 0.1) is 11.9 Å². The van der Waals surface area contributed by atoms with Crippen molar-refractivity contribution in [1.29, 1.82) is 0 Å². The summed E-state index contributed by atoms with van der Waals surface area (Å²) in [6.07, 6.45) is 5.09. The largest absolute Gasteiger partial charge is 0.344 e. The quantitative estimate of drug-likeness (QED) is 0.304. The number of nitrogens with one attached hydrogen (secondary N) is 4. The van der Waals surface area contributed by atoms with E-state index in [1.54, 1.807) is 12.3 Å². The van der Waals surface area contributed by atoms with Crippen LogP contribution < -0.4 is 21.3 Å². The first-order valence-corrected chi connectivity index (χ1v) is 12.1. The second kappa shape index (κ2) is 10.4. The highest BCUT2D eigenvalue weighted by Gasteiger charge is 2.18. The maximum absolute atomic E-state index is 14.8. The van der Waals surface area contributed by atoms with E-state index >= 15 is 0 Å². The molecule has 1 aliphatic heterocycles. The van der Waals surface area contributed by atoms with Gasteiger partial charge in [-0.3, -0.25) is 4.79 Å². The van der Waals surface area contributed by atoms with Gasteiger partial charge in [-0.2, -0.15) is 0 Å². The van der Waals surface area contributed by atoms with Crippen molar-refractivity contribution in [2.45, 2.75) is 32.9 Å². The van der Waals surface area contributed by atoms with E-state index in [9.17, 15) is 9.18 Å². The minimum Gasteiger partial charge on any atom is -0.344 e. The molecule has 10 heteroatoms. The van der Waals surface area contributed by atoms with Crippen molar-refractivity contribution in [3.63, 3.8) is 0 Å². The Hall–Kier alpha value is -3.89. The summed E-state index contributed by atoms with van der Waals surface area (Å²) in [7, 11) is 0. The Balaban J connectivity index is 1.54. The molecule has 1 aliphatic rings. The fourth-order valence-corrected chi connectivity index (χ4v) is 4.38. The average Bonchev–Trinajstić information content (AvgIpc) is 3.29. The molecule has 1 atom stereocenters. The van der Waals surface area contributed by atoms with Crippen LogP contribution in [0.5, 0.6) is 0 Å². The minimum absolute atomic E-state index is 0.107. The number of amides is 1. The van der Waals surface area contributed by atoms with E-state index in [1.807, 2.05) is 42.0 Å². The molecule has 5 rings (SSSR count). The maximum atomic E-state index is 14.8. The lowest BCUT2D eigenvalue weighted by molar-refractivity contribution is -0.116. The van der Waals surface area contributed by atoms with Crippen molar-refractivity contribution in [3.05, 3.63) is 60.3 Å². The normalized spacial score (nSPS) is 15.3. The number of hydrogen-bond acceptors (Lipinski definition) is 7. The molecule has 1 amide bonds. The Morgan fingerprint density at radius 2 is 1.97 bits per heavy atom. The first kappa shape index (κ1) is 23.8. The lowest BCUT2D eigenvalue weighted by Gasteiger charge is -2.17. The monoisotopic (exact) mass is 488 g/mol. The number of carbonyl (C=O) groups is 1. The smallest absolute Gasteiger partial charge is 0.229 e. The Labute approximate surface area is 208 Å². The summed E-state index contributed by atoms with van der Waals surface area (Å²) in [5, 5.41) is 13.8. The lowest BCUT2D eigenvalue weighted by Crippen LogP contribution is -2.27. The van der Waals surface area contributed by atoms with E-state index in [0.29, 0.717) is 23.6 Å². The molecule has 0 spiro atoms. The SMILES string of the molecule is CCNCCNCc1cnc2cc1NC(=O)CC(C)n1ccc3ccc(cc31)-c1nc(ncc1F)N2. The number of carbonyl (C=O) groups excluding carboxylic acids is 1. The second-order valence-corrected chi connectivity index (χ2v) is 8.87. The molecule has 6 bridgehead atoms. The molecule has 0 fully saturated rings. The third kappa shape index (κ3) is 5.05. The van der Waals surface area contributed by atoms with Gasteiger partial charge in [0.25, 0.3) is 0 Å². The van der Waals surface area contributed by atoms with E-state index < -0.39 is 5.82 Å². The van der Waals surface area contributed by atoms with Gasteiger partial charge in [0.15, 0.2) is 5.82 Å². The first-order valence-electron chi connectivity index (χ1n) is 12.1. The molecule has 9 nitrogen and oxygen atoms in total. The van der Waals surface area contributed by atoms with E-state index in [2.05, 4.69) is 43.1 Å². The highest BCUT2D eigenvalue weighted by atomic mass is 19.1. The van der Waals surface area contributed by atoms with E-state index in [0.717, 1.165) is 42.3 Å². The molecule has 4 aromatic rings. The molecule has 1 unspecified atom stereocenters. The summed E-state index contributed by atoms with van der Waals surface area (Å²) in [6, 6.07) is 9.30. The summed E-state index contributed by atoms with van der Waals surface area (Å²) in [5.74, 6) is 0.0411. The summed E-state index contributed by atoms with van der Waals surface area (Å²) in [4.78, 5) is 26.1. The fraction of sp³-hybridized carbons (Fsp3) is 0.308. The van der Waals surface area contributed by atoms with Crippen molar-refractivity contribution in [1.82, 2.24) is 30.2 Å². The molecule has 3 aromatic heterocycles. The molecule has 4 heterocycles. The molecule has 0 saturated heterocycles. The van der Waals surface area contributed by atoms with Crippen LogP contribution in [0.4, 0.5) is 21.8 Å². The number of rotatable bonds is 6. The maximum Gasteiger partial charge on any atom is 0.229 e. The number of nitrogens with zero attached hydrogens (tertiary/aromatic N) is 4. The fourth-order valence-electron chi connectivity index (χ4n) is 4.38. The third-order valence-corrected chi connectivity index (χ3v) is 6.24. The molecular formula is C26H29FN8O. The number of pyridine rings is 1. The summed E-state index contributed by atoms with van der Waals surface area (Å²) < 4.78 is 16.8. The van der Waals surface area contributed by atoms with Gasteiger partial charge in [0.1, 0.15) is 11.5 Å². The van der Waals surface area contributed by atoms with Crippen molar-refractivity contribution >= 4 is 34.3 Å². The topological polar surface area (TPSA) is 109 Å². The van der Waals surface area contributed by atoms with Crippen LogP contribution in [0.1, 0.15) is 31.9 Å². The van der Waals surface area contributed by atoms with Crippen LogP contribution in [0.3, 0.4) is 0 Å². The molecular weight excluding hydrogens is 459 g/mol. The van der Waals surface area contributed by atoms with Crippen molar-refractivity contribution < 1.29 is 9.18 Å². The highest BCUT2D eigenvalue weighted by Crippen LogP contribution is 2.30. The van der Waals surface area contributed by atoms with Crippen LogP contribution in [-0.4, -0.2) is 45.1 Å². The van der Waals surface area contributed by atoms with Crippen LogP contribution in [0, 0.1) is 5.82 Å². The number of hydrogen-bond donors (Lipinski definition) is 4. The average molecular weight is 489 g/mol. The summed E-state index contributed by atoms with van der Waals surface area (Å²) >= 11 is 0. The Kier molecular flexibility index (Phi) is 6.88. The number of aromatic nitrogens is 4. The zero-order chi connectivity index (χ0) is 25.1. The van der Waals surface area contributed by atoms with Gasteiger partial charge in [-0.25, -0.2) is 19.3 Å². The van der Waals surface area contributed by atoms with Gasteiger partial charge in [-0.05, 0) is 31.0 Å². The molecule has 0 saturated carbocycles. The van der Waals surface area contributed by atoms with E-state index in [4.69, 9.17) is 0 Å². The summed E-state index contributed by atoms with van der Waals surface area (Å²) in [5.41, 5.74) is 3.24. The number of likely N-dealkylation sites (N-methyl/N-ethyl adjacent to an activating group) is 1. The van der Waals surface area contributed by atoms with E-state index in [1.165, 1.54) is 0 Å². The number of anilines is 3. The van der Waals surface area contributed by atoms with Gasteiger partial charge in [-0.15, -0.1) is 0 Å². The van der Waals surface area contributed by atoms with Gasteiger partial charge >= 0.3 is 0 Å². The van der Waals surface area contributed by atoms with Crippen LogP contribution >= 0.6 is 0 Å². The van der Waals surface area contributed by atoms with Crippen LogP contribution in [-0.2, 0) is 11.3 Å². The molecule has 0 radical (unpaired) electrons. The molecule has 4 N–H and O–H groups in total. The Bertz CT molecular complexity index is 1400. The highest BCUT2D eigenvalue weighted by molar-refractivity contribution is 5.92. The second-order valence-electron chi connectivity index (χ2n) is 8.87. The lowest BCUT2D eigenvalue weighted by atomic mass is 10.1. The van der Waals surface area contributed by atoms with Crippen molar-refractivity contribution in [3.8, 4) is 11.3 Å². The Morgan fingerprint density at radius 1 is 1.11 bits per heavy atom. The molecule has 0 aliphatic carbocycles. The first-order chi connectivity index (χ1) is 17.5. The number of halogens is 1. The molecule has 36 heavy (non-hydrogen) atoms. The van der Waals surface area contributed by atoms with Gasteiger partial charge in [0.2, 0.25) is 11.9 Å². The zero-order valence-corrected chi connectivity index (χ0v) is 20.3. The minimum atomic E-state index is -0.514. The predicted octanol–water partition coefficient (Wildman–Crippen LogP) is 3.98. The van der Waals surface area contributed by atoms with Crippen molar-refractivity contribution in [2.24, 2.45) is 0 Å². The molecule has 186 valence electrons. The van der Waals surface area contributed by atoms with Crippen molar-refractivity contribution in [2.75, 3.05) is 30.3 Å².